The molecular formula is C17H21NO4. The van der Waals surface area contributed by atoms with Crippen LogP contribution in [0.1, 0.15) is 24.0 Å². The minimum absolute atomic E-state index is 0.0699. The molecule has 0 unspecified atom stereocenters. The summed E-state index contributed by atoms with van der Waals surface area (Å²) >= 11 is 0. The Morgan fingerprint density at radius 3 is 2.73 bits per heavy atom. The minimum atomic E-state index is -0.996. The average molecular weight is 303 g/mol. The number of hydrogen-bond acceptors (Lipinski definition) is 3. The van der Waals surface area contributed by atoms with E-state index in [1.807, 2.05) is 31.2 Å². The van der Waals surface area contributed by atoms with Gasteiger partial charge in [-0.05, 0) is 31.4 Å². The SMILES string of the molecule is Cc1cccc(C=CC(=O)N(CC(=O)O)C2CCOCC2)c1. The summed E-state index contributed by atoms with van der Waals surface area (Å²) in [5.41, 5.74) is 2.04. The van der Waals surface area contributed by atoms with Crippen LogP contribution in [0, 0.1) is 6.92 Å². The average Bonchev–Trinajstić information content (AvgIpc) is 2.51. The number of carboxylic acids is 1. The summed E-state index contributed by atoms with van der Waals surface area (Å²) < 4.78 is 5.27. The third kappa shape index (κ3) is 4.70. The second kappa shape index (κ2) is 7.75. The Kier molecular flexibility index (Phi) is 5.72. The van der Waals surface area contributed by atoms with Gasteiger partial charge in [-0.2, -0.15) is 0 Å². The lowest BCUT2D eigenvalue weighted by Crippen LogP contribution is -2.45. The molecule has 0 radical (unpaired) electrons. The maximum Gasteiger partial charge on any atom is 0.323 e. The highest BCUT2D eigenvalue weighted by Gasteiger charge is 2.26. The summed E-state index contributed by atoms with van der Waals surface area (Å²) in [6.45, 7) is 2.84. The number of aryl methyl sites for hydroxylation is 1. The zero-order chi connectivity index (χ0) is 15.9. The van der Waals surface area contributed by atoms with Crippen LogP contribution in [-0.2, 0) is 14.3 Å². The van der Waals surface area contributed by atoms with Gasteiger partial charge in [-0.3, -0.25) is 9.59 Å². The van der Waals surface area contributed by atoms with E-state index in [1.165, 1.54) is 11.0 Å². The molecule has 1 aliphatic heterocycles. The first-order chi connectivity index (χ1) is 10.6. The molecule has 1 N–H and O–H groups in total. The fourth-order valence-corrected chi connectivity index (χ4v) is 2.57. The molecule has 0 spiro atoms. The van der Waals surface area contributed by atoms with Crippen molar-refractivity contribution in [1.29, 1.82) is 0 Å². The lowest BCUT2D eigenvalue weighted by molar-refractivity contribution is -0.145. The van der Waals surface area contributed by atoms with Crippen LogP contribution in [0.25, 0.3) is 6.08 Å². The molecule has 1 aliphatic rings. The Morgan fingerprint density at radius 2 is 2.09 bits per heavy atom. The van der Waals surface area contributed by atoms with Crippen molar-refractivity contribution in [3.8, 4) is 0 Å². The van der Waals surface area contributed by atoms with Crippen LogP contribution >= 0.6 is 0 Å². The van der Waals surface area contributed by atoms with E-state index in [1.54, 1.807) is 6.08 Å². The smallest absolute Gasteiger partial charge is 0.323 e. The highest BCUT2D eigenvalue weighted by molar-refractivity contribution is 5.93. The predicted octanol–water partition coefficient (Wildman–Crippen LogP) is 2.10. The number of carbonyl (C=O) groups is 2. The zero-order valence-corrected chi connectivity index (χ0v) is 12.7. The lowest BCUT2D eigenvalue weighted by Gasteiger charge is -2.32. The number of nitrogens with zero attached hydrogens (tertiary/aromatic N) is 1. The fraction of sp³-hybridized carbons (Fsp3) is 0.412. The van der Waals surface area contributed by atoms with Crippen molar-refractivity contribution >= 4 is 18.0 Å². The first-order valence-electron chi connectivity index (χ1n) is 7.41. The second-order valence-corrected chi connectivity index (χ2v) is 5.45. The van der Waals surface area contributed by atoms with Gasteiger partial charge in [-0.15, -0.1) is 0 Å². The summed E-state index contributed by atoms with van der Waals surface area (Å²) in [4.78, 5) is 24.8. The van der Waals surface area contributed by atoms with Crippen LogP contribution in [0.3, 0.4) is 0 Å². The molecule has 1 aromatic carbocycles. The first-order valence-corrected chi connectivity index (χ1v) is 7.41. The molecule has 5 heteroatoms. The molecule has 2 rings (SSSR count). The van der Waals surface area contributed by atoms with Gasteiger partial charge < -0.3 is 14.7 Å². The maximum absolute atomic E-state index is 12.4. The van der Waals surface area contributed by atoms with Gasteiger partial charge in [0.15, 0.2) is 0 Å². The largest absolute Gasteiger partial charge is 0.480 e. The number of amides is 1. The molecule has 0 saturated carbocycles. The highest BCUT2D eigenvalue weighted by Crippen LogP contribution is 2.15. The van der Waals surface area contributed by atoms with Crippen molar-refractivity contribution in [3.05, 3.63) is 41.5 Å². The normalized spacial score (nSPS) is 15.9. The Bertz CT molecular complexity index is 562. The molecule has 1 aromatic rings. The number of carboxylic acid groups (broad SMARTS) is 1. The molecule has 1 fully saturated rings. The van der Waals surface area contributed by atoms with E-state index in [2.05, 4.69) is 0 Å². The Morgan fingerprint density at radius 1 is 1.36 bits per heavy atom. The molecule has 118 valence electrons. The van der Waals surface area contributed by atoms with Crippen LogP contribution in [0.4, 0.5) is 0 Å². The molecular weight excluding hydrogens is 282 g/mol. The Balaban J connectivity index is 2.08. The summed E-state index contributed by atoms with van der Waals surface area (Å²) in [5.74, 6) is -1.26. The maximum atomic E-state index is 12.4. The van der Waals surface area contributed by atoms with Gasteiger partial charge in [0, 0.05) is 25.3 Å². The fourth-order valence-electron chi connectivity index (χ4n) is 2.57. The van der Waals surface area contributed by atoms with Crippen LogP contribution in [-0.4, -0.2) is 47.7 Å². The van der Waals surface area contributed by atoms with Gasteiger partial charge >= 0.3 is 5.97 Å². The summed E-state index contributed by atoms with van der Waals surface area (Å²) in [5, 5.41) is 9.04. The molecule has 22 heavy (non-hydrogen) atoms. The number of carbonyl (C=O) groups excluding carboxylic acids is 1. The van der Waals surface area contributed by atoms with E-state index in [-0.39, 0.29) is 18.5 Å². The summed E-state index contributed by atoms with van der Waals surface area (Å²) in [7, 11) is 0. The van der Waals surface area contributed by atoms with Gasteiger partial charge in [-0.25, -0.2) is 0 Å². The van der Waals surface area contributed by atoms with Crippen molar-refractivity contribution in [2.45, 2.75) is 25.8 Å². The quantitative estimate of drug-likeness (QED) is 0.846. The number of ether oxygens (including phenoxy) is 1. The van der Waals surface area contributed by atoms with Crippen molar-refractivity contribution in [3.63, 3.8) is 0 Å². The van der Waals surface area contributed by atoms with Crippen molar-refractivity contribution in [2.24, 2.45) is 0 Å². The molecule has 1 amide bonds. The van der Waals surface area contributed by atoms with E-state index in [4.69, 9.17) is 9.84 Å². The van der Waals surface area contributed by atoms with Gasteiger partial charge in [0.1, 0.15) is 6.54 Å². The van der Waals surface area contributed by atoms with E-state index in [0.717, 1.165) is 11.1 Å². The summed E-state index contributed by atoms with van der Waals surface area (Å²) in [6, 6.07) is 7.72. The van der Waals surface area contributed by atoms with Gasteiger partial charge in [-0.1, -0.05) is 29.8 Å². The van der Waals surface area contributed by atoms with Crippen molar-refractivity contribution < 1.29 is 19.4 Å². The van der Waals surface area contributed by atoms with Gasteiger partial charge in [0.2, 0.25) is 5.91 Å². The van der Waals surface area contributed by atoms with Gasteiger partial charge in [0.25, 0.3) is 0 Å². The van der Waals surface area contributed by atoms with Crippen molar-refractivity contribution in [2.75, 3.05) is 19.8 Å². The predicted molar refractivity (Wildman–Crippen MR) is 83.4 cm³/mol. The summed E-state index contributed by atoms with van der Waals surface area (Å²) in [6.07, 6.45) is 4.53. The molecule has 5 nitrogen and oxygen atoms in total. The van der Waals surface area contributed by atoms with E-state index >= 15 is 0 Å². The highest BCUT2D eigenvalue weighted by atomic mass is 16.5. The number of aliphatic carboxylic acids is 1. The van der Waals surface area contributed by atoms with Crippen molar-refractivity contribution in [1.82, 2.24) is 4.90 Å². The molecule has 1 heterocycles. The van der Waals surface area contributed by atoms with E-state index in [0.29, 0.717) is 26.1 Å². The van der Waals surface area contributed by atoms with E-state index in [9.17, 15) is 9.59 Å². The standard InChI is InChI=1S/C17H21NO4/c1-13-3-2-4-14(11-13)5-6-16(19)18(12-17(20)21)15-7-9-22-10-8-15/h2-6,11,15H,7-10,12H2,1H3,(H,20,21). The van der Waals surface area contributed by atoms with Crippen LogP contribution in [0.2, 0.25) is 0 Å². The lowest BCUT2D eigenvalue weighted by atomic mass is 10.1. The van der Waals surface area contributed by atoms with Crippen LogP contribution in [0.15, 0.2) is 30.3 Å². The van der Waals surface area contributed by atoms with Crippen LogP contribution < -0.4 is 0 Å². The number of hydrogen-bond donors (Lipinski definition) is 1. The third-order valence-electron chi connectivity index (χ3n) is 3.68. The number of rotatable bonds is 5. The third-order valence-corrected chi connectivity index (χ3v) is 3.68. The monoisotopic (exact) mass is 303 g/mol. The van der Waals surface area contributed by atoms with E-state index < -0.39 is 5.97 Å². The molecule has 0 atom stereocenters. The molecule has 0 aromatic heterocycles. The molecule has 0 aliphatic carbocycles. The topological polar surface area (TPSA) is 66.8 Å². The zero-order valence-electron chi connectivity index (χ0n) is 12.7. The molecule has 1 saturated heterocycles. The Hall–Kier alpha value is -2.14. The van der Waals surface area contributed by atoms with Gasteiger partial charge in [0.05, 0.1) is 0 Å². The second-order valence-electron chi connectivity index (χ2n) is 5.45. The minimum Gasteiger partial charge on any atom is -0.480 e. The van der Waals surface area contributed by atoms with Crippen LogP contribution in [0.5, 0.6) is 0 Å². The molecule has 0 bridgehead atoms. The number of benzene rings is 1. The Labute approximate surface area is 130 Å². The first kappa shape index (κ1) is 16.2.